The Labute approximate surface area is 140 Å². The molecule has 0 bridgehead atoms. The van der Waals surface area contributed by atoms with Gasteiger partial charge in [-0.2, -0.15) is 5.26 Å². The Morgan fingerprint density at radius 2 is 2.09 bits per heavy atom. The van der Waals surface area contributed by atoms with Gasteiger partial charge >= 0.3 is 0 Å². The Hall–Kier alpha value is -2.16. The fourth-order valence-corrected chi connectivity index (χ4v) is 3.61. The molecule has 0 unspecified atom stereocenters. The quantitative estimate of drug-likeness (QED) is 0.871. The van der Waals surface area contributed by atoms with E-state index in [1.54, 1.807) is 35.6 Å². The molecule has 4 nitrogen and oxygen atoms in total. The molecule has 1 aliphatic heterocycles. The molecule has 0 radical (unpaired) electrons. The van der Waals surface area contributed by atoms with Crippen LogP contribution in [0.15, 0.2) is 41.8 Å². The van der Waals surface area contributed by atoms with Crippen molar-refractivity contribution in [1.82, 2.24) is 9.80 Å². The minimum atomic E-state index is 0.0278. The van der Waals surface area contributed by atoms with Crippen molar-refractivity contribution in [2.24, 2.45) is 0 Å². The molecule has 0 aliphatic carbocycles. The third kappa shape index (κ3) is 3.98. The van der Waals surface area contributed by atoms with Gasteiger partial charge in [-0.05, 0) is 36.1 Å². The molecule has 1 aromatic heterocycles. The SMILES string of the molecule is N#Cc1cccc(C(=O)N2CCCN(Cc3cccs3)CC2)c1. The molecule has 1 aliphatic rings. The summed E-state index contributed by atoms with van der Waals surface area (Å²) in [6.07, 6.45) is 0.981. The van der Waals surface area contributed by atoms with Gasteiger partial charge in [0.05, 0.1) is 11.6 Å². The number of hydrogen-bond donors (Lipinski definition) is 0. The second-order valence-electron chi connectivity index (χ2n) is 5.69. The average molecular weight is 325 g/mol. The summed E-state index contributed by atoms with van der Waals surface area (Å²) >= 11 is 1.78. The second kappa shape index (κ2) is 7.40. The van der Waals surface area contributed by atoms with Crippen molar-refractivity contribution in [3.05, 3.63) is 57.8 Å². The van der Waals surface area contributed by atoms with Crippen molar-refractivity contribution >= 4 is 17.2 Å². The molecule has 0 N–H and O–H groups in total. The number of nitrogens with zero attached hydrogens (tertiary/aromatic N) is 3. The summed E-state index contributed by atoms with van der Waals surface area (Å²) in [5.74, 6) is 0.0278. The smallest absolute Gasteiger partial charge is 0.253 e. The molecular weight excluding hydrogens is 306 g/mol. The summed E-state index contributed by atoms with van der Waals surface area (Å²) in [7, 11) is 0. The highest BCUT2D eigenvalue weighted by atomic mass is 32.1. The summed E-state index contributed by atoms with van der Waals surface area (Å²) < 4.78 is 0. The van der Waals surface area contributed by atoms with Gasteiger partial charge in [-0.1, -0.05) is 12.1 Å². The highest BCUT2D eigenvalue weighted by molar-refractivity contribution is 7.09. The van der Waals surface area contributed by atoms with Crippen molar-refractivity contribution < 1.29 is 4.79 Å². The van der Waals surface area contributed by atoms with Crippen LogP contribution in [0, 0.1) is 11.3 Å². The van der Waals surface area contributed by atoms with E-state index >= 15 is 0 Å². The number of nitriles is 1. The van der Waals surface area contributed by atoms with Gasteiger partial charge < -0.3 is 4.90 Å². The molecule has 2 heterocycles. The van der Waals surface area contributed by atoms with E-state index < -0.39 is 0 Å². The first kappa shape index (κ1) is 15.7. The molecule has 1 amide bonds. The molecule has 1 aromatic carbocycles. The van der Waals surface area contributed by atoms with Crippen LogP contribution in [-0.2, 0) is 6.54 Å². The fourth-order valence-electron chi connectivity index (χ4n) is 2.86. The van der Waals surface area contributed by atoms with E-state index in [0.717, 1.165) is 39.1 Å². The van der Waals surface area contributed by atoms with E-state index in [2.05, 4.69) is 28.5 Å². The first-order chi connectivity index (χ1) is 11.3. The Morgan fingerprint density at radius 3 is 2.87 bits per heavy atom. The number of benzene rings is 1. The molecule has 23 heavy (non-hydrogen) atoms. The molecule has 0 spiro atoms. The zero-order chi connectivity index (χ0) is 16.1. The van der Waals surface area contributed by atoms with Crippen LogP contribution in [0.5, 0.6) is 0 Å². The minimum Gasteiger partial charge on any atom is -0.337 e. The van der Waals surface area contributed by atoms with Crippen LogP contribution in [0.2, 0.25) is 0 Å². The Kier molecular flexibility index (Phi) is 5.06. The number of amides is 1. The molecular formula is C18H19N3OS. The van der Waals surface area contributed by atoms with Gasteiger partial charge in [0.15, 0.2) is 0 Å². The molecule has 1 saturated heterocycles. The van der Waals surface area contributed by atoms with E-state index in [1.165, 1.54) is 4.88 Å². The van der Waals surface area contributed by atoms with Gasteiger partial charge in [-0.3, -0.25) is 9.69 Å². The van der Waals surface area contributed by atoms with E-state index in [0.29, 0.717) is 11.1 Å². The third-order valence-electron chi connectivity index (χ3n) is 4.07. The number of carbonyl (C=O) groups is 1. The van der Waals surface area contributed by atoms with Crippen LogP contribution in [-0.4, -0.2) is 41.9 Å². The molecule has 2 aromatic rings. The molecule has 1 fully saturated rings. The minimum absolute atomic E-state index is 0.0278. The fraction of sp³-hybridized carbons (Fsp3) is 0.333. The van der Waals surface area contributed by atoms with Gasteiger partial charge in [0.1, 0.15) is 0 Å². The predicted molar refractivity (Wildman–Crippen MR) is 91.3 cm³/mol. The highest BCUT2D eigenvalue weighted by Gasteiger charge is 2.20. The van der Waals surface area contributed by atoms with E-state index in [-0.39, 0.29) is 5.91 Å². The monoisotopic (exact) mass is 325 g/mol. The van der Waals surface area contributed by atoms with Gasteiger partial charge in [0, 0.05) is 43.2 Å². The topological polar surface area (TPSA) is 47.3 Å². The van der Waals surface area contributed by atoms with Gasteiger partial charge in [-0.25, -0.2) is 0 Å². The first-order valence-corrected chi connectivity index (χ1v) is 8.68. The van der Waals surface area contributed by atoms with E-state index in [4.69, 9.17) is 5.26 Å². The first-order valence-electron chi connectivity index (χ1n) is 7.80. The van der Waals surface area contributed by atoms with Crippen molar-refractivity contribution in [2.45, 2.75) is 13.0 Å². The maximum atomic E-state index is 12.6. The summed E-state index contributed by atoms with van der Waals surface area (Å²) in [4.78, 5) is 18.3. The van der Waals surface area contributed by atoms with Crippen LogP contribution in [0.1, 0.15) is 27.2 Å². The van der Waals surface area contributed by atoms with Gasteiger partial charge in [-0.15, -0.1) is 11.3 Å². The van der Waals surface area contributed by atoms with E-state index in [9.17, 15) is 4.79 Å². The van der Waals surface area contributed by atoms with Crippen molar-refractivity contribution in [3.8, 4) is 6.07 Å². The average Bonchev–Trinajstić information content (AvgIpc) is 2.99. The van der Waals surface area contributed by atoms with Crippen LogP contribution in [0.4, 0.5) is 0 Å². The van der Waals surface area contributed by atoms with Crippen LogP contribution in [0.3, 0.4) is 0 Å². The Balaban J connectivity index is 1.63. The van der Waals surface area contributed by atoms with Crippen molar-refractivity contribution in [2.75, 3.05) is 26.2 Å². The largest absolute Gasteiger partial charge is 0.337 e. The lowest BCUT2D eigenvalue weighted by Gasteiger charge is -2.21. The lowest BCUT2D eigenvalue weighted by molar-refractivity contribution is 0.0761. The van der Waals surface area contributed by atoms with Crippen LogP contribution in [0.25, 0.3) is 0 Å². The van der Waals surface area contributed by atoms with E-state index in [1.807, 2.05) is 4.90 Å². The summed E-state index contributed by atoms with van der Waals surface area (Å²) in [6, 6.07) is 13.3. The van der Waals surface area contributed by atoms with Gasteiger partial charge in [0.25, 0.3) is 5.91 Å². The normalized spacial score (nSPS) is 15.9. The van der Waals surface area contributed by atoms with Crippen LogP contribution < -0.4 is 0 Å². The molecule has 0 atom stereocenters. The molecule has 0 saturated carbocycles. The number of rotatable bonds is 3. The van der Waals surface area contributed by atoms with Crippen molar-refractivity contribution in [3.63, 3.8) is 0 Å². The highest BCUT2D eigenvalue weighted by Crippen LogP contribution is 2.15. The predicted octanol–water partition coefficient (Wildman–Crippen LogP) is 2.97. The Bertz CT molecular complexity index is 705. The number of thiophene rings is 1. The summed E-state index contributed by atoms with van der Waals surface area (Å²) in [6.45, 7) is 4.38. The Morgan fingerprint density at radius 1 is 1.17 bits per heavy atom. The number of carbonyl (C=O) groups excluding carboxylic acids is 1. The maximum Gasteiger partial charge on any atom is 0.253 e. The summed E-state index contributed by atoms with van der Waals surface area (Å²) in [5.41, 5.74) is 1.14. The summed E-state index contributed by atoms with van der Waals surface area (Å²) in [5, 5.41) is 11.1. The number of hydrogen-bond acceptors (Lipinski definition) is 4. The zero-order valence-electron chi connectivity index (χ0n) is 12.9. The second-order valence-corrected chi connectivity index (χ2v) is 6.73. The standard InChI is InChI=1S/C18H19N3OS/c19-13-15-4-1-5-16(12-15)18(22)21-8-3-7-20(9-10-21)14-17-6-2-11-23-17/h1-2,4-6,11-12H,3,7-10,14H2. The lowest BCUT2D eigenvalue weighted by Crippen LogP contribution is -2.35. The van der Waals surface area contributed by atoms with Crippen molar-refractivity contribution in [1.29, 1.82) is 5.26 Å². The molecule has 3 rings (SSSR count). The van der Waals surface area contributed by atoms with Gasteiger partial charge in [0.2, 0.25) is 0 Å². The maximum absolute atomic E-state index is 12.6. The third-order valence-corrected chi connectivity index (χ3v) is 4.94. The molecule has 118 valence electrons. The molecule has 5 heteroatoms. The van der Waals surface area contributed by atoms with Crippen LogP contribution >= 0.6 is 11.3 Å². The zero-order valence-corrected chi connectivity index (χ0v) is 13.8. The lowest BCUT2D eigenvalue weighted by atomic mass is 10.1.